The monoisotopic (exact) mass is 495 g/mol. The first-order valence-corrected chi connectivity index (χ1v) is 13.3. The highest BCUT2D eigenvalue weighted by Gasteiger charge is 2.54. The van der Waals surface area contributed by atoms with Gasteiger partial charge in [-0.05, 0) is 51.2 Å². The van der Waals surface area contributed by atoms with Crippen LogP contribution in [-0.4, -0.2) is 73.8 Å². The molecule has 2 fully saturated rings. The topological polar surface area (TPSA) is 90.7 Å². The molecule has 4 rings (SSSR count). The minimum atomic E-state index is -0.893. The third kappa shape index (κ3) is 4.81. The van der Waals surface area contributed by atoms with Gasteiger partial charge in [-0.1, -0.05) is 45.4 Å². The number of hydrogen-bond donors (Lipinski definition) is 2. The number of aryl methyl sites for hydroxylation is 1. The first-order valence-electron chi connectivity index (χ1n) is 13.3. The summed E-state index contributed by atoms with van der Waals surface area (Å²) in [6, 6.07) is 9.28. The number of likely N-dealkylation sites (tertiary alicyclic amines) is 1. The number of unbranched alkanes of at least 4 members (excludes halogenated alkanes) is 1. The molecule has 1 aromatic carbocycles. The van der Waals surface area contributed by atoms with Crippen molar-refractivity contribution in [2.24, 2.45) is 5.92 Å². The Labute approximate surface area is 214 Å². The third-order valence-electron chi connectivity index (χ3n) is 8.02. The summed E-state index contributed by atoms with van der Waals surface area (Å²) in [7, 11) is 0. The number of aliphatic hydroxyl groups is 1. The highest BCUT2D eigenvalue weighted by molar-refractivity contribution is 6.00. The van der Waals surface area contributed by atoms with Crippen molar-refractivity contribution in [3.8, 4) is 5.69 Å². The summed E-state index contributed by atoms with van der Waals surface area (Å²) >= 11 is 0. The Morgan fingerprint density at radius 1 is 1.14 bits per heavy atom. The summed E-state index contributed by atoms with van der Waals surface area (Å²) in [6.07, 6.45) is 2.06. The van der Waals surface area contributed by atoms with Crippen LogP contribution in [0.2, 0.25) is 0 Å². The van der Waals surface area contributed by atoms with Crippen LogP contribution in [0.4, 0.5) is 0 Å². The lowest BCUT2D eigenvalue weighted by Crippen LogP contribution is -2.74. The number of nitrogens with one attached hydrogen (secondary N) is 1. The number of aromatic nitrogens is 2. The number of carbonyl (C=O) groups is 2. The Morgan fingerprint density at radius 2 is 1.81 bits per heavy atom. The lowest BCUT2D eigenvalue weighted by Gasteiger charge is -2.52. The maximum absolute atomic E-state index is 13.5. The molecule has 196 valence electrons. The molecule has 3 heterocycles. The Hall–Kier alpha value is -2.71. The fraction of sp³-hybridized carbons (Fsp3) is 0.607. The molecule has 0 aliphatic carbocycles. The van der Waals surface area contributed by atoms with Crippen molar-refractivity contribution < 1.29 is 14.7 Å². The van der Waals surface area contributed by atoms with E-state index in [-0.39, 0.29) is 17.7 Å². The predicted molar refractivity (Wildman–Crippen MR) is 140 cm³/mol. The molecule has 0 unspecified atom stereocenters. The van der Waals surface area contributed by atoms with Crippen LogP contribution in [-0.2, 0) is 16.1 Å². The Bertz CT molecular complexity index is 1070. The zero-order valence-corrected chi connectivity index (χ0v) is 22.3. The van der Waals surface area contributed by atoms with Crippen molar-refractivity contribution in [3.63, 3.8) is 0 Å². The quantitative estimate of drug-likeness (QED) is 0.588. The van der Waals surface area contributed by atoms with E-state index >= 15 is 0 Å². The molecule has 1 aromatic heterocycles. The molecule has 36 heavy (non-hydrogen) atoms. The zero-order valence-electron chi connectivity index (χ0n) is 22.3. The predicted octanol–water partition coefficient (Wildman–Crippen LogP) is 2.97. The molecule has 0 bridgehead atoms. The van der Waals surface area contributed by atoms with Gasteiger partial charge in [0.05, 0.1) is 17.5 Å². The number of piperidine rings is 1. The molecule has 2 atom stereocenters. The molecule has 2 amide bonds. The molecular formula is C28H41N5O3. The summed E-state index contributed by atoms with van der Waals surface area (Å²) < 4.78 is 2.00. The Balaban J connectivity index is 1.51. The van der Waals surface area contributed by atoms with E-state index in [0.29, 0.717) is 19.4 Å². The summed E-state index contributed by atoms with van der Waals surface area (Å²) in [5, 5.41) is 18.3. The van der Waals surface area contributed by atoms with Crippen LogP contribution in [0.1, 0.15) is 63.4 Å². The molecule has 1 spiro atoms. The van der Waals surface area contributed by atoms with Crippen LogP contribution in [0.3, 0.4) is 0 Å². The van der Waals surface area contributed by atoms with E-state index < -0.39 is 17.7 Å². The van der Waals surface area contributed by atoms with Crippen LogP contribution >= 0.6 is 0 Å². The molecule has 2 aliphatic rings. The van der Waals surface area contributed by atoms with E-state index in [0.717, 1.165) is 49.6 Å². The van der Waals surface area contributed by atoms with Gasteiger partial charge in [-0.3, -0.25) is 14.5 Å². The molecule has 0 radical (unpaired) electrons. The van der Waals surface area contributed by atoms with Gasteiger partial charge in [0.15, 0.2) is 0 Å². The lowest BCUT2D eigenvalue weighted by atomic mass is 9.80. The number of benzene rings is 1. The van der Waals surface area contributed by atoms with Crippen molar-refractivity contribution in [1.29, 1.82) is 0 Å². The summed E-state index contributed by atoms with van der Waals surface area (Å²) in [4.78, 5) is 31.2. The maximum Gasteiger partial charge on any atom is 0.248 e. The minimum absolute atomic E-state index is 0.119. The van der Waals surface area contributed by atoms with Gasteiger partial charge in [0.1, 0.15) is 11.6 Å². The highest BCUT2D eigenvalue weighted by Crippen LogP contribution is 2.35. The fourth-order valence-electron chi connectivity index (χ4n) is 5.62. The van der Waals surface area contributed by atoms with Crippen molar-refractivity contribution in [2.75, 3.05) is 19.6 Å². The first kappa shape index (κ1) is 26.4. The van der Waals surface area contributed by atoms with E-state index in [4.69, 9.17) is 5.10 Å². The number of piperazine rings is 1. The minimum Gasteiger partial charge on any atom is -0.390 e. The van der Waals surface area contributed by atoms with Crippen molar-refractivity contribution >= 4 is 11.8 Å². The molecule has 8 heteroatoms. The van der Waals surface area contributed by atoms with Crippen molar-refractivity contribution in [2.45, 2.75) is 84.5 Å². The standard InChI is InChI=1S/C28H41N5O3/c1-6-7-15-32-26(35)24(25(34)19(2)3)29-27(36)28(32)13-16-31(17-14-28)18-23-20(4)30-33(21(23)5)22-11-9-8-10-12-22/h8-12,19,24-25,34H,6-7,13-18H2,1-5H3,(H,29,36)/t24-,25+/m1/s1. The van der Waals surface area contributed by atoms with Crippen LogP contribution in [0, 0.1) is 19.8 Å². The van der Waals surface area contributed by atoms with Gasteiger partial charge >= 0.3 is 0 Å². The van der Waals surface area contributed by atoms with Gasteiger partial charge in [-0.15, -0.1) is 0 Å². The second kappa shape index (κ2) is 10.7. The molecule has 2 aliphatic heterocycles. The number of nitrogens with zero attached hydrogens (tertiary/aromatic N) is 4. The van der Waals surface area contributed by atoms with Crippen molar-refractivity contribution in [1.82, 2.24) is 24.9 Å². The Kier molecular flexibility index (Phi) is 7.85. The van der Waals surface area contributed by atoms with E-state index in [9.17, 15) is 14.7 Å². The van der Waals surface area contributed by atoms with Gasteiger partial charge in [0.25, 0.3) is 0 Å². The van der Waals surface area contributed by atoms with Crippen LogP contribution in [0.5, 0.6) is 0 Å². The molecule has 2 saturated heterocycles. The van der Waals surface area contributed by atoms with Gasteiger partial charge in [0.2, 0.25) is 11.8 Å². The second-order valence-corrected chi connectivity index (χ2v) is 10.7. The molecule has 2 N–H and O–H groups in total. The summed E-state index contributed by atoms with van der Waals surface area (Å²) in [5.74, 6) is -0.383. The van der Waals surface area contributed by atoms with Gasteiger partial charge in [-0.25, -0.2) is 4.68 Å². The smallest absolute Gasteiger partial charge is 0.248 e. The van der Waals surface area contributed by atoms with E-state index in [1.54, 1.807) is 4.90 Å². The fourth-order valence-corrected chi connectivity index (χ4v) is 5.62. The largest absolute Gasteiger partial charge is 0.390 e. The van der Waals surface area contributed by atoms with Gasteiger partial charge in [-0.2, -0.15) is 5.10 Å². The van der Waals surface area contributed by atoms with E-state index in [1.807, 2.05) is 43.7 Å². The molecule has 2 aromatic rings. The zero-order chi connectivity index (χ0) is 26.0. The first-order chi connectivity index (χ1) is 17.2. The Morgan fingerprint density at radius 3 is 2.42 bits per heavy atom. The molecule has 8 nitrogen and oxygen atoms in total. The SMILES string of the molecule is CCCCN1C(=O)[C@@H]([C@@H](O)C(C)C)NC(=O)C12CCN(Cc1c(C)nn(-c3ccccc3)c1C)CC2. The maximum atomic E-state index is 13.5. The summed E-state index contributed by atoms with van der Waals surface area (Å²) in [5.41, 5.74) is 3.55. The van der Waals surface area contributed by atoms with Gasteiger partial charge in [0, 0.05) is 37.4 Å². The number of rotatable bonds is 8. The number of amides is 2. The molecular weight excluding hydrogens is 454 g/mol. The number of hydrogen-bond acceptors (Lipinski definition) is 5. The van der Waals surface area contributed by atoms with Crippen LogP contribution < -0.4 is 5.32 Å². The second-order valence-electron chi connectivity index (χ2n) is 10.7. The van der Waals surface area contributed by atoms with Gasteiger partial charge < -0.3 is 15.3 Å². The number of carbonyl (C=O) groups excluding carboxylic acids is 2. The average Bonchev–Trinajstić information content (AvgIpc) is 3.15. The highest BCUT2D eigenvalue weighted by atomic mass is 16.3. The van der Waals surface area contributed by atoms with E-state index in [2.05, 4.69) is 36.2 Å². The third-order valence-corrected chi connectivity index (χ3v) is 8.02. The van der Waals surface area contributed by atoms with E-state index in [1.165, 1.54) is 5.56 Å². The molecule has 0 saturated carbocycles. The number of aliphatic hydroxyl groups excluding tert-OH is 1. The van der Waals surface area contributed by atoms with Crippen LogP contribution in [0.25, 0.3) is 5.69 Å². The normalized spacial score (nSPS) is 21.3. The summed E-state index contributed by atoms with van der Waals surface area (Å²) in [6.45, 7) is 12.7. The lowest BCUT2D eigenvalue weighted by molar-refractivity contribution is -0.165. The van der Waals surface area contributed by atoms with Crippen LogP contribution in [0.15, 0.2) is 30.3 Å². The average molecular weight is 496 g/mol. The van der Waals surface area contributed by atoms with Crippen molar-refractivity contribution in [3.05, 3.63) is 47.3 Å². The number of para-hydroxylation sites is 1.